The minimum Gasteiger partial charge on any atom is -0.464 e. The van der Waals surface area contributed by atoms with Gasteiger partial charge in [0.1, 0.15) is 17.0 Å². The highest BCUT2D eigenvalue weighted by atomic mass is 16.3. The van der Waals surface area contributed by atoms with Gasteiger partial charge in [-0.05, 0) is 73.6 Å². The average molecular weight is 469 g/mol. The molecule has 0 N–H and O–H groups in total. The van der Waals surface area contributed by atoms with Crippen LogP contribution in [0.4, 0.5) is 0 Å². The summed E-state index contributed by atoms with van der Waals surface area (Å²) >= 11 is 0. The number of carbonyl (C=O) groups excluding carboxylic acids is 2. The monoisotopic (exact) mass is 468 g/mol. The molecule has 0 radical (unpaired) electrons. The van der Waals surface area contributed by atoms with Crippen LogP contribution in [-0.2, 0) is 9.59 Å². The molecule has 2 aliphatic heterocycles. The second-order valence-electron chi connectivity index (χ2n) is 10.5. The number of amides is 2. The zero-order valence-electron chi connectivity index (χ0n) is 19.9. The van der Waals surface area contributed by atoms with Gasteiger partial charge >= 0.3 is 0 Å². The van der Waals surface area contributed by atoms with E-state index in [0.29, 0.717) is 13.3 Å². The van der Waals surface area contributed by atoms with Crippen molar-refractivity contribution in [2.75, 3.05) is 26.4 Å². The number of carbonyl (C=O) groups is 2. The number of benzene rings is 2. The standard InChI is InChI=1S/C28H28N4O3/c1-18-14-22(4-6-23(18)20-5-7-24-21(15-20)8-13-35-24)25-29-28(9-10-28)27(34)32(25)17-30-11-12-31(16-30)26(33)19-2-3-19/h4-8,13-15,19H,2-3,9-12,16-17H2,1H3. The Morgan fingerprint density at radius 2 is 1.91 bits per heavy atom. The number of rotatable bonds is 5. The molecule has 7 nitrogen and oxygen atoms in total. The van der Waals surface area contributed by atoms with Gasteiger partial charge in [0.2, 0.25) is 5.91 Å². The molecule has 1 saturated heterocycles. The predicted octanol–water partition coefficient (Wildman–Crippen LogP) is 4.00. The van der Waals surface area contributed by atoms with Gasteiger partial charge in [0.25, 0.3) is 5.91 Å². The van der Waals surface area contributed by atoms with E-state index in [2.05, 4.69) is 42.2 Å². The SMILES string of the molecule is Cc1cc(C2=NC3(CC3)C(=O)N2CN2CCN(C(=O)C3CC3)C2)ccc1-c1ccc2occc2c1. The summed E-state index contributed by atoms with van der Waals surface area (Å²) in [5.74, 6) is 1.37. The Bertz CT molecular complexity index is 1400. The van der Waals surface area contributed by atoms with Gasteiger partial charge in [-0.3, -0.25) is 24.4 Å². The topological polar surface area (TPSA) is 69.4 Å². The van der Waals surface area contributed by atoms with Crippen molar-refractivity contribution in [3.8, 4) is 11.1 Å². The fourth-order valence-electron chi connectivity index (χ4n) is 5.44. The number of aryl methyl sites for hydroxylation is 1. The van der Waals surface area contributed by atoms with Crippen LogP contribution < -0.4 is 0 Å². The fraction of sp³-hybridized carbons (Fsp3) is 0.393. The Morgan fingerprint density at radius 3 is 2.69 bits per heavy atom. The van der Waals surface area contributed by atoms with Crippen LogP contribution in [0.1, 0.15) is 36.8 Å². The maximum absolute atomic E-state index is 13.4. The van der Waals surface area contributed by atoms with Crippen LogP contribution in [0.25, 0.3) is 22.1 Å². The molecule has 1 aromatic heterocycles. The van der Waals surface area contributed by atoms with Crippen LogP contribution in [0.5, 0.6) is 0 Å². The van der Waals surface area contributed by atoms with Crippen LogP contribution in [-0.4, -0.2) is 64.3 Å². The molecule has 178 valence electrons. The fourth-order valence-corrected chi connectivity index (χ4v) is 5.44. The summed E-state index contributed by atoms with van der Waals surface area (Å²) in [7, 11) is 0. The van der Waals surface area contributed by atoms with Gasteiger partial charge in [0.05, 0.1) is 19.6 Å². The maximum Gasteiger partial charge on any atom is 0.257 e. The molecule has 1 spiro atoms. The maximum atomic E-state index is 13.4. The number of fused-ring (bicyclic) bond motifs is 1. The van der Waals surface area contributed by atoms with Gasteiger partial charge in [-0.1, -0.05) is 18.2 Å². The zero-order valence-corrected chi connectivity index (χ0v) is 19.9. The van der Waals surface area contributed by atoms with Crippen molar-refractivity contribution >= 4 is 28.6 Å². The van der Waals surface area contributed by atoms with E-state index in [9.17, 15) is 9.59 Å². The van der Waals surface area contributed by atoms with Crippen LogP contribution >= 0.6 is 0 Å². The largest absolute Gasteiger partial charge is 0.464 e. The van der Waals surface area contributed by atoms with Crippen LogP contribution in [0.2, 0.25) is 0 Å². The first-order chi connectivity index (χ1) is 17.0. The number of furan rings is 1. The van der Waals surface area contributed by atoms with Gasteiger partial charge in [-0.25, -0.2) is 0 Å². The smallest absolute Gasteiger partial charge is 0.257 e. The van der Waals surface area contributed by atoms with Crippen LogP contribution in [0.15, 0.2) is 58.1 Å². The van der Waals surface area contributed by atoms with Crippen molar-refractivity contribution in [3.05, 3.63) is 59.9 Å². The Morgan fingerprint density at radius 1 is 1.09 bits per heavy atom. The molecule has 2 saturated carbocycles. The van der Waals surface area contributed by atoms with Crippen LogP contribution in [0.3, 0.4) is 0 Å². The molecule has 3 fully saturated rings. The van der Waals surface area contributed by atoms with E-state index in [1.54, 1.807) is 6.26 Å². The first-order valence-corrected chi connectivity index (χ1v) is 12.5. The van der Waals surface area contributed by atoms with Crippen molar-refractivity contribution in [1.82, 2.24) is 14.7 Å². The second-order valence-corrected chi connectivity index (χ2v) is 10.5. The lowest BCUT2D eigenvalue weighted by atomic mass is 9.97. The van der Waals surface area contributed by atoms with Crippen LogP contribution in [0, 0.1) is 12.8 Å². The van der Waals surface area contributed by atoms with Gasteiger partial charge < -0.3 is 9.32 Å². The summed E-state index contributed by atoms with van der Waals surface area (Å²) in [5.41, 5.74) is 4.73. The summed E-state index contributed by atoms with van der Waals surface area (Å²) in [6.45, 7) is 4.70. The van der Waals surface area contributed by atoms with E-state index in [1.807, 2.05) is 21.9 Å². The summed E-state index contributed by atoms with van der Waals surface area (Å²) in [6, 6.07) is 14.6. The molecule has 2 amide bonds. The van der Waals surface area contributed by atoms with E-state index in [4.69, 9.17) is 9.41 Å². The molecule has 0 atom stereocenters. The lowest BCUT2D eigenvalue weighted by Crippen LogP contribution is -2.44. The summed E-state index contributed by atoms with van der Waals surface area (Å²) in [6.07, 6.45) is 5.39. The Kier molecular flexibility index (Phi) is 4.49. The van der Waals surface area contributed by atoms with Crippen molar-refractivity contribution in [3.63, 3.8) is 0 Å². The molecule has 2 aliphatic carbocycles. The molecule has 35 heavy (non-hydrogen) atoms. The van der Waals surface area contributed by atoms with Crippen molar-refractivity contribution in [2.45, 2.75) is 38.1 Å². The predicted molar refractivity (Wildman–Crippen MR) is 133 cm³/mol. The highest BCUT2D eigenvalue weighted by Gasteiger charge is 2.57. The first-order valence-electron chi connectivity index (χ1n) is 12.5. The number of hydrogen-bond donors (Lipinski definition) is 0. The minimum absolute atomic E-state index is 0.103. The number of aliphatic imine (C=N–C) groups is 1. The van der Waals surface area contributed by atoms with Gasteiger partial charge in [-0.15, -0.1) is 0 Å². The molecule has 0 bridgehead atoms. The molecule has 4 aliphatic rings. The minimum atomic E-state index is -0.558. The lowest BCUT2D eigenvalue weighted by Gasteiger charge is -2.26. The van der Waals surface area contributed by atoms with E-state index < -0.39 is 5.54 Å². The lowest BCUT2D eigenvalue weighted by molar-refractivity contribution is -0.132. The summed E-state index contributed by atoms with van der Waals surface area (Å²) in [4.78, 5) is 36.8. The Labute approximate surface area is 204 Å². The molecule has 7 rings (SSSR count). The highest BCUT2D eigenvalue weighted by Crippen LogP contribution is 2.46. The zero-order chi connectivity index (χ0) is 23.7. The number of hydrogen-bond acceptors (Lipinski definition) is 5. The van der Waals surface area contributed by atoms with E-state index in [1.165, 1.54) is 0 Å². The Hall–Kier alpha value is -3.45. The molecule has 3 heterocycles. The number of amidine groups is 1. The molecular formula is C28H28N4O3. The van der Waals surface area contributed by atoms with Crippen molar-refractivity contribution < 1.29 is 14.0 Å². The third-order valence-corrected chi connectivity index (χ3v) is 7.83. The van der Waals surface area contributed by atoms with E-state index in [-0.39, 0.29) is 17.7 Å². The first kappa shape index (κ1) is 20.9. The third-order valence-electron chi connectivity index (χ3n) is 7.83. The van der Waals surface area contributed by atoms with Gasteiger partial charge in [-0.2, -0.15) is 0 Å². The molecule has 3 aromatic rings. The molecular weight excluding hydrogens is 440 g/mol. The third kappa shape index (κ3) is 3.48. The van der Waals surface area contributed by atoms with Gasteiger partial charge in [0.15, 0.2) is 0 Å². The number of nitrogens with zero attached hydrogens (tertiary/aromatic N) is 4. The van der Waals surface area contributed by atoms with Crippen molar-refractivity contribution in [1.29, 1.82) is 0 Å². The average Bonchev–Trinajstić information content (AvgIpc) is 3.74. The molecule has 2 aromatic carbocycles. The molecule has 7 heteroatoms. The second kappa shape index (κ2) is 7.52. The Balaban J connectivity index is 1.15. The quantitative estimate of drug-likeness (QED) is 0.568. The van der Waals surface area contributed by atoms with Crippen molar-refractivity contribution in [2.24, 2.45) is 10.9 Å². The summed E-state index contributed by atoms with van der Waals surface area (Å²) in [5, 5.41) is 1.08. The molecule has 0 unspecified atom stereocenters. The van der Waals surface area contributed by atoms with Gasteiger partial charge in [0, 0.05) is 30.0 Å². The highest BCUT2D eigenvalue weighted by molar-refractivity contribution is 6.16. The summed E-state index contributed by atoms with van der Waals surface area (Å²) < 4.78 is 5.48. The normalized spacial score (nSPS) is 21.4. The van der Waals surface area contributed by atoms with E-state index >= 15 is 0 Å². The van der Waals surface area contributed by atoms with E-state index in [0.717, 1.165) is 77.8 Å².